The van der Waals surface area contributed by atoms with Crippen LogP contribution in [-0.4, -0.2) is 14.5 Å². The van der Waals surface area contributed by atoms with Crippen LogP contribution in [0.4, 0.5) is 0 Å². The second kappa shape index (κ2) is 4.36. The Morgan fingerprint density at radius 3 is 3.12 bits per heavy atom. The number of halogens is 1. The minimum absolute atomic E-state index is 0.715. The minimum Gasteiger partial charge on any atom is -0.331 e. The fourth-order valence-corrected chi connectivity index (χ4v) is 2.98. The van der Waals surface area contributed by atoms with Gasteiger partial charge >= 0.3 is 0 Å². The predicted molar refractivity (Wildman–Crippen MR) is 76.0 cm³/mol. The molecule has 0 amide bonds. The van der Waals surface area contributed by atoms with Gasteiger partial charge in [0.2, 0.25) is 0 Å². The molecule has 1 aromatic carbocycles. The van der Waals surface area contributed by atoms with Gasteiger partial charge in [-0.05, 0) is 30.4 Å². The first kappa shape index (κ1) is 11.1. The van der Waals surface area contributed by atoms with Crippen LogP contribution in [0.15, 0.2) is 34.2 Å². The summed E-state index contributed by atoms with van der Waals surface area (Å²) in [7, 11) is 0. The summed E-state index contributed by atoms with van der Waals surface area (Å²) in [6, 6.07) is 6.09. The molecule has 1 N–H and O–H groups in total. The lowest BCUT2D eigenvalue weighted by molar-refractivity contribution is 0.803. The molecule has 0 radical (unpaired) electrons. The number of nitrogens with one attached hydrogen (secondary N) is 1. The van der Waals surface area contributed by atoms with Crippen molar-refractivity contribution in [3.05, 3.63) is 44.0 Å². The van der Waals surface area contributed by atoms with Crippen LogP contribution in [0.3, 0.4) is 0 Å². The first-order valence-electron chi connectivity index (χ1n) is 5.00. The van der Waals surface area contributed by atoms with Crippen molar-refractivity contribution in [2.24, 2.45) is 0 Å². The highest BCUT2D eigenvalue weighted by Gasteiger charge is 2.06. The van der Waals surface area contributed by atoms with Gasteiger partial charge in [-0.1, -0.05) is 15.9 Å². The molecular formula is C11H8BrN3S2. The summed E-state index contributed by atoms with van der Waals surface area (Å²) in [5.41, 5.74) is 2.15. The molecule has 0 unspecified atom stereocenters. The van der Waals surface area contributed by atoms with E-state index >= 15 is 0 Å². The van der Waals surface area contributed by atoms with Gasteiger partial charge in [0.25, 0.3) is 0 Å². The largest absolute Gasteiger partial charge is 0.331 e. The van der Waals surface area contributed by atoms with E-state index in [-0.39, 0.29) is 0 Å². The Kier molecular flexibility index (Phi) is 2.85. The van der Waals surface area contributed by atoms with Gasteiger partial charge in [-0.3, -0.25) is 0 Å². The van der Waals surface area contributed by atoms with E-state index in [9.17, 15) is 0 Å². The van der Waals surface area contributed by atoms with E-state index in [1.807, 2.05) is 23.7 Å². The van der Waals surface area contributed by atoms with E-state index in [0.29, 0.717) is 6.54 Å². The summed E-state index contributed by atoms with van der Waals surface area (Å²) in [5, 5.41) is 3.03. The standard InChI is InChI=1S/C11H8BrN3S2/c12-7-1-2-8-9(5-7)15(11(16)14-8)6-10-13-3-4-17-10/h1-5H,6H2,(H,14,16). The van der Waals surface area contributed by atoms with Gasteiger partial charge in [0.15, 0.2) is 4.77 Å². The lowest BCUT2D eigenvalue weighted by atomic mass is 10.3. The summed E-state index contributed by atoms with van der Waals surface area (Å²) in [5.74, 6) is 0. The monoisotopic (exact) mass is 325 g/mol. The molecule has 0 aliphatic heterocycles. The van der Waals surface area contributed by atoms with Crippen LogP contribution in [-0.2, 0) is 6.54 Å². The zero-order valence-electron chi connectivity index (χ0n) is 8.68. The summed E-state index contributed by atoms with van der Waals surface area (Å²) in [6.45, 7) is 0.715. The Balaban J connectivity index is 2.17. The second-order valence-corrected chi connectivity index (χ2v) is 5.89. The van der Waals surface area contributed by atoms with Gasteiger partial charge < -0.3 is 9.55 Å². The molecule has 0 saturated carbocycles. The summed E-state index contributed by atoms with van der Waals surface area (Å²) >= 11 is 10.5. The lowest BCUT2D eigenvalue weighted by Gasteiger charge is -2.01. The number of thiazole rings is 1. The molecule has 3 rings (SSSR count). The Labute approximate surface area is 115 Å². The molecule has 0 spiro atoms. The van der Waals surface area contributed by atoms with Gasteiger partial charge in [0.05, 0.1) is 17.6 Å². The number of hydrogen-bond donors (Lipinski definition) is 1. The average molecular weight is 326 g/mol. The van der Waals surface area contributed by atoms with Gasteiger partial charge in [-0.15, -0.1) is 11.3 Å². The fraction of sp³-hybridized carbons (Fsp3) is 0.0909. The van der Waals surface area contributed by atoms with Crippen LogP contribution in [0.1, 0.15) is 5.01 Å². The molecule has 0 bridgehead atoms. The van der Waals surface area contributed by atoms with E-state index in [0.717, 1.165) is 25.3 Å². The first-order chi connectivity index (χ1) is 8.24. The third-order valence-electron chi connectivity index (χ3n) is 2.51. The van der Waals surface area contributed by atoms with E-state index in [2.05, 4.69) is 36.5 Å². The van der Waals surface area contributed by atoms with E-state index in [4.69, 9.17) is 12.2 Å². The van der Waals surface area contributed by atoms with Crippen LogP contribution in [0.5, 0.6) is 0 Å². The van der Waals surface area contributed by atoms with Gasteiger partial charge in [0.1, 0.15) is 5.01 Å². The van der Waals surface area contributed by atoms with Crippen molar-refractivity contribution in [1.29, 1.82) is 0 Å². The third kappa shape index (κ3) is 2.08. The van der Waals surface area contributed by atoms with Crippen LogP contribution >= 0.6 is 39.5 Å². The quantitative estimate of drug-likeness (QED) is 0.723. The number of imidazole rings is 1. The highest BCUT2D eigenvalue weighted by atomic mass is 79.9. The van der Waals surface area contributed by atoms with E-state index in [1.165, 1.54) is 0 Å². The molecular weight excluding hydrogens is 318 g/mol. The number of fused-ring (bicyclic) bond motifs is 1. The normalized spacial score (nSPS) is 11.1. The summed E-state index contributed by atoms with van der Waals surface area (Å²) < 4.78 is 3.84. The Hall–Kier alpha value is -0.980. The molecule has 0 aliphatic carbocycles. The van der Waals surface area contributed by atoms with Gasteiger partial charge in [0, 0.05) is 16.0 Å². The topological polar surface area (TPSA) is 33.6 Å². The van der Waals surface area contributed by atoms with E-state index < -0.39 is 0 Å². The molecule has 17 heavy (non-hydrogen) atoms. The number of benzene rings is 1. The maximum atomic E-state index is 5.34. The molecule has 0 aliphatic rings. The number of H-pyrrole nitrogens is 1. The van der Waals surface area contributed by atoms with Gasteiger partial charge in [-0.2, -0.15) is 0 Å². The van der Waals surface area contributed by atoms with Crippen molar-refractivity contribution in [2.75, 3.05) is 0 Å². The highest BCUT2D eigenvalue weighted by Crippen LogP contribution is 2.21. The Morgan fingerprint density at radius 2 is 2.35 bits per heavy atom. The molecule has 6 heteroatoms. The minimum atomic E-state index is 0.715. The predicted octanol–water partition coefficient (Wildman–Crippen LogP) is 3.97. The molecule has 0 fully saturated rings. The average Bonchev–Trinajstić information content (AvgIpc) is 2.90. The number of aromatic nitrogens is 3. The molecule has 0 saturated heterocycles. The zero-order chi connectivity index (χ0) is 11.8. The number of nitrogens with zero attached hydrogens (tertiary/aromatic N) is 2. The van der Waals surface area contributed by atoms with Crippen molar-refractivity contribution in [1.82, 2.24) is 14.5 Å². The molecule has 3 aromatic rings. The van der Waals surface area contributed by atoms with Crippen LogP contribution in [0.25, 0.3) is 11.0 Å². The van der Waals surface area contributed by atoms with Crippen molar-refractivity contribution in [2.45, 2.75) is 6.54 Å². The number of hydrogen-bond acceptors (Lipinski definition) is 3. The van der Waals surface area contributed by atoms with Crippen LogP contribution in [0, 0.1) is 4.77 Å². The Bertz CT molecular complexity index is 712. The number of aromatic amines is 1. The fourth-order valence-electron chi connectivity index (χ4n) is 1.75. The highest BCUT2D eigenvalue weighted by molar-refractivity contribution is 9.10. The number of rotatable bonds is 2. The van der Waals surface area contributed by atoms with Crippen molar-refractivity contribution in [3.63, 3.8) is 0 Å². The van der Waals surface area contributed by atoms with Crippen molar-refractivity contribution in [3.8, 4) is 0 Å². The van der Waals surface area contributed by atoms with Gasteiger partial charge in [-0.25, -0.2) is 4.98 Å². The second-order valence-electron chi connectivity index (χ2n) is 3.60. The van der Waals surface area contributed by atoms with E-state index in [1.54, 1.807) is 11.3 Å². The van der Waals surface area contributed by atoms with Crippen molar-refractivity contribution >= 4 is 50.5 Å². The molecule has 2 heterocycles. The summed E-state index contributed by atoms with van der Waals surface area (Å²) in [4.78, 5) is 7.49. The molecule has 2 aromatic heterocycles. The molecule has 86 valence electrons. The maximum Gasteiger partial charge on any atom is 0.178 e. The zero-order valence-corrected chi connectivity index (χ0v) is 11.9. The third-order valence-corrected chi connectivity index (χ3v) is 4.09. The smallest absolute Gasteiger partial charge is 0.178 e. The Morgan fingerprint density at radius 1 is 1.47 bits per heavy atom. The SMILES string of the molecule is S=c1[nH]c2ccc(Br)cc2n1Cc1nccs1. The summed E-state index contributed by atoms with van der Waals surface area (Å²) in [6.07, 6.45) is 1.81. The molecule has 0 atom stereocenters. The molecule has 3 nitrogen and oxygen atoms in total. The lowest BCUT2D eigenvalue weighted by Crippen LogP contribution is -1.98. The van der Waals surface area contributed by atoms with Crippen molar-refractivity contribution < 1.29 is 0 Å². The first-order valence-corrected chi connectivity index (χ1v) is 7.08. The van der Waals surface area contributed by atoms with Crippen LogP contribution < -0.4 is 0 Å². The maximum absolute atomic E-state index is 5.34. The van der Waals surface area contributed by atoms with Crippen LogP contribution in [0.2, 0.25) is 0 Å².